The number of nitrogens with zero attached hydrogens (tertiary/aromatic N) is 2. The second-order valence-corrected chi connectivity index (χ2v) is 6.48. The minimum Gasteiger partial charge on any atom is -0.454 e. The third-order valence-corrected chi connectivity index (χ3v) is 4.76. The van der Waals surface area contributed by atoms with Crippen LogP contribution in [-0.4, -0.2) is 35.4 Å². The molecule has 1 N–H and O–H groups in total. The van der Waals surface area contributed by atoms with Crippen LogP contribution in [-0.2, 0) is 11.3 Å². The predicted molar refractivity (Wildman–Crippen MR) is 93.3 cm³/mol. The third kappa shape index (κ3) is 2.78. The van der Waals surface area contributed by atoms with Gasteiger partial charge in [0.25, 0.3) is 5.91 Å². The Labute approximate surface area is 153 Å². The largest absolute Gasteiger partial charge is 0.454 e. The number of halogens is 1. The van der Waals surface area contributed by atoms with Crippen molar-refractivity contribution >= 4 is 16.9 Å². The number of ether oxygens (including phenoxy) is 3. The molecule has 0 radical (unpaired) electrons. The highest BCUT2D eigenvalue weighted by molar-refractivity contribution is 5.95. The van der Waals surface area contributed by atoms with Crippen molar-refractivity contribution in [2.45, 2.75) is 12.6 Å². The maximum Gasteiger partial charge on any atom is 0.251 e. The zero-order valence-corrected chi connectivity index (χ0v) is 14.3. The van der Waals surface area contributed by atoms with Crippen LogP contribution in [0.5, 0.6) is 11.5 Å². The van der Waals surface area contributed by atoms with Gasteiger partial charge in [0.05, 0.1) is 23.7 Å². The van der Waals surface area contributed by atoms with Crippen molar-refractivity contribution in [3.05, 3.63) is 53.6 Å². The van der Waals surface area contributed by atoms with Gasteiger partial charge in [-0.1, -0.05) is 0 Å². The van der Waals surface area contributed by atoms with Gasteiger partial charge in [0.2, 0.25) is 6.79 Å². The summed E-state index contributed by atoms with van der Waals surface area (Å²) in [6.45, 7) is 1.33. The van der Waals surface area contributed by atoms with Crippen molar-refractivity contribution < 1.29 is 23.4 Å². The van der Waals surface area contributed by atoms with Crippen LogP contribution in [0, 0.1) is 5.82 Å². The van der Waals surface area contributed by atoms with Gasteiger partial charge in [0.15, 0.2) is 11.5 Å². The number of rotatable bonds is 3. The van der Waals surface area contributed by atoms with Gasteiger partial charge in [-0.15, -0.1) is 0 Å². The van der Waals surface area contributed by atoms with Crippen LogP contribution in [0.4, 0.5) is 4.39 Å². The highest BCUT2D eigenvalue weighted by Crippen LogP contribution is 2.32. The van der Waals surface area contributed by atoms with Crippen LogP contribution in [0.1, 0.15) is 22.2 Å². The normalized spacial score (nSPS) is 17.7. The summed E-state index contributed by atoms with van der Waals surface area (Å²) in [6, 6.07) is 9.48. The van der Waals surface area contributed by atoms with E-state index in [1.54, 1.807) is 24.3 Å². The summed E-state index contributed by atoms with van der Waals surface area (Å²) in [5.41, 5.74) is 1.91. The van der Waals surface area contributed by atoms with E-state index >= 15 is 0 Å². The van der Waals surface area contributed by atoms with Gasteiger partial charge in [-0.05, 0) is 30.3 Å². The number of aromatic nitrogens is 2. The Morgan fingerprint density at radius 2 is 2.11 bits per heavy atom. The molecule has 1 amide bonds. The van der Waals surface area contributed by atoms with Crippen LogP contribution < -0.4 is 14.8 Å². The molecule has 0 spiro atoms. The fourth-order valence-corrected chi connectivity index (χ4v) is 3.49. The smallest absolute Gasteiger partial charge is 0.251 e. The van der Waals surface area contributed by atoms with Crippen LogP contribution in [0.25, 0.3) is 11.0 Å². The average Bonchev–Trinajstić information content (AvgIpc) is 3.29. The fourth-order valence-electron chi connectivity index (χ4n) is 3.49. The summed E-state index contributed by atoms with van der Waals surface area (Å²) in [7, 11) is 0. The van der Waals surface area contributed by atoms with Crippen LogP contribution in [0.3, 0.4) is 0 Å². The first kappa shape index (κ1) is 16.1. The SMILES string of the molecule is O=C(NC[C@H]1COCc2nc3cc(F)ccc3n21)c1ccc2c(c1)OCO2. The molecule has 1 aromatic heterocycles. The number of hydrogen-bond donors (Lipinski definition) is 1. The van der Waals surface area contributed by atoms with Gasteiger partial charge in [0.1, 0.15) is 18.2 Å². The lowest BCUT2D eigenvalue weighted by Gasteiger charge is -2.26. The van der Waals surface area contributed by atoms with E-state index in [1.807, 2.05) is 4.57 Å². The van der Waals surface area contributed by atoms with Gasteiger partial charge in [-0.25, -0.2) is 9.37 Å². The number of imidazole rings is 1. The molecule has 0 bridgehead atoms. The van der Waals surface area contributed by atoms with Crippen molar-refractivity contribution in [1.29, 1.82) is 0 Å². The van der Waals surface area contributed by atoms with E-state index in [4.69, 9.17) is 14.2 Å². The molecule has 0 saturated heterocycles. The summed E-state index contributed by atoms with van der Waals surface area (Å²) in [4.78, 5) is 17.0. The van der Waals surface area contributed by atoms with Gasteiger partial charge < -0.3 is 24.1 Å². The molecule has 0 fully saturated rings. The fraction of sp³-hybridized carbons (Fsp3) is 0.263. The highest BCUT2D eigenvalue weighted by Gasteiger charge is 2.25. The first-order valence-corrected chi connectivity index (χ1v) is 8.61. The molecule has 2 aliphatic rings. The topological polar surface area (TPSA) is 74.6 Å². The van der Waals surface area contributed by atoms with E-state index in [0.29, 0.717) is 42.3 Å². The molecule has 27 heavy (non-hydrogen) atoms. The second kappa shape index (κ2) is 6.24. The number of carbonyl (C=O) groups is 1. The Kier molecular flexibility index (Phi) is 3.71. The third-order valence-electron chi connectivity index (χ3n) is 4.76. The van der Waals surface area contributed by atoms with Crippen molar-refractivity contribution in [2.75, 3.05) is 19.9 Å². The Hall–Kier alpha value is -3.13. The van der Waals surface area contributed by atoms with Crippen molar-refractivity contribution in [2.24, 2.45) is 0 Å². The molecule has 1 atom stereocenters. The zero-order chi connectivity index (χ0) is 18.4. The predicted octanol–water partition coefficient (Wildman–Crippen LogP) is 2.41. The molecule has 8 heteroatoms. The number of carbonyl (C=O) groups excluding carboxylic acids is 1. The summed E-state index contributed by atoms with van der Waals surface area (Å²) in [5, 5.41) is 2.93. The highest BCUT2D eigenvalue weighted by atomic mass is 19.1. The second-order valence-electron chi connectivity index (χ2n) is 6.48. The molecule has 0 unspecified atom stereocenters. The van der Waals surface area contributed by atoms with Gasteiger partial charge in [-0.3, -0.25) is 4.79 Å². The first-order chi connectivity index (χ1) is 13.2. The molecule has 7 nitrogen and oxygen atoms in total. The Balaban J connectivity index is 1.36. The van der Waals surface area contributed by atoms with E-state index in [1.165, 1.54) is 12.1 Å². The van der Waals surface area contributed by atoms with Crippen LogP contribution >= 0.6 is 0 Å². The number of amides is 1. The summed E-state index contributed by atoms with van der Waals surface area (Å²) < 4.78 is 31.7. The summed E-state index contributed by atoms with van der Waals surface area (Å²) in [5.74, 6) is 1.38. The summed E-state index contributed by atoms with van der Waals surface area (Å²) in [6.07, 6.45) is 0. The number of hydrogen-bond acceptors (Lipinski definition) is 5. The van der Waals surface area contributed by atoms with Crippen LogP contribution in [0.15, 0.2) is 36.4 Å². The zero-order valence-electron chi connectivity index (χ0n) is 14.3. The van der Waals surface area contributed by atoms with Gasteiger partial charge >= 0.3 is 0 Å². The molecule has 3 aromatic rings. The molecular weight excluding hydrogens is 353 g/mol. The van der Waals surface area contributed by atoms with Crippen LogP contribution in [0.2, 0.25) is 0 Å². The molecule has 2 aromatic carbocycles. The quantitative estimate of drug-likeness (QED) is 0.767. The average molecular weight is 369 g/mol. The molecule has 0 saturated carbocycles. The van der Waals surface area contributed by atoms with E-state index in [0.717, 1.165) is 11.3 Å². The maximum atomic E-state index is 13.5. The van der Waals surface area contributed by atoms with Gasteiger partial charge in [-0.2, -0.15) is 0 Å². The lowest BCUT2D eigenvalue weighted by atomic mass is 10.1. The molecule has 5 rings (SSSR count). The van der Waals surface area contributed by atoms with Crippen molar-refractivity contribution in [3.63, 3.8) is 0 Å². The number of nitrogens with one attached hydrogen (secondary N) is 1. The first-order valence-electron chi connectivity index (χ1n) is 8.61. The van der Waals surface area contributed by atoms with E-state index in [2.05, 4.69) is 10.3 Å². The molecule has 2 aliphatic heterocycles. The van der Waals surface area contributed by atoms with Crippen molar-refractivity contribution in [3.8, 4) is 11.5 Å². The van der Waals surface area contributed by atoms with E-state index < -0.39 is 0 Å². The van der Waals surface area contributed by atoms with E-state index in [-0.39, 0.29) is 24.6 Å². The number of fused-ring (bicyclic) bond motifs is 4. The van der Waals surface area contributed by atoms with Crippen molar-refractivity contribution in [1.82, 2.24) is 14.9 Å². The standard InChI is InChI=1S/C19H16FN3O4/c20-12-2-3-15-14(6-12)22-18-9-25-8-13(23(15)18)7-21-19(24)11-1-4-16-17(5-11)27-10-26-16/h1-6,13H,7-10H2,(H,21,24)/t13-/m0/s1. The maximum absolute atomic E-state index is 13.5. The Morgan fingerprint density at radius 3 is 3.04 bits per heavy atom. The molecular formula is C19H16FN3O4. The Bertz CT molecular complexity index is 1050. The molecule has 0 aliphatic carbocycles. The Morgan fingerprint density at radius 1 is 1.22 bits per heavy atom. The molecule has 3 heterocycles. The monoisotopic (exact) mass is 369 g/mol. The van der Waals surface area contributed by atoms with Gasteiger partial charge in [0, 0.05) is 18.2 Å². The number of benzene rings is 2. The lowest BCUT2D eigenvalue weighted by molar-refractivity contribution is 0.0553. The summed E-state index contributed by atoms with van der Waals surface area (Å²) >= 11 is 0. The minimum absolute atomic E-state index is 0.123. The van der Waals surface area contributed by atoms with E-state index in [9.17, 15) is 9.18 Å². The molecule has 138 valence electrons. The minimum atomic E-state index is -0.327. The lowest BCUT2D eigenvalue weighted by Crippen LogP contribution is -2.35.